The lowest BCUT2D eigenvalue weighted by molar-refractivity contribution is 0.344. The average molecular weight is 133 g/mol. The first-order valence-corrected chi connectivity index (χ1v) is 5.59. The van der Waals surface area contributed by atoms with Crippen molar-refractivity contribution in [3.05, 3.63) is 0 Å². The normalized spacial score (nSPS) is 12.8. The molecule has 0 N–H and O–H groups in total. The highest BCUT2D eigenvalue weighted by Gasteiger charge is 2.23. The van der Waals surface area contributed by atoms with Gasteiger partial charge in [0.1, 0.15) is 0 Å². The molecule has 0 aliphatic carbocycles. The Morgan fingerprint density at radius 3 is 1.62 bits per heavy atom. The van der Waals surface area contributed by atoms with E-state index in [4.69, 9.17) is 4.43 Å². The summed E-state index contributed by atoms with van der Waals surface area (Å²) >= 11 is 0. The van der Waals surface area contributed by atoms with E-state index < -0.39 is 8.48 Å². The zero-order chi connectivity index (χ0) is 6.78. The molecular formula is C5H15NOSi. The fourth-order valence-electron chi connectivity index (χ4n) is 0.183. The van der Waals surface area contributed by atoms with Gasteiger partial charge >= 0.3 is 0 Å². The van der Waals surface area contributed by atoms with Gasteiger partial charge in [-0.15, -0.1) is 0 Å². The average Bonchev–Trinajstić information content (AvgIpc) is 1.67. The van der Waals surface area contributed by atoms with Crippen LogP contribution in [-0.4, -0.2) is 34.2 Å². The molecule has 3 heteroatoms. The number of rotatable bonds is 2. The summed E-state index contributed by atoms with van der Waals surface area (Å²) in [6.45, 7) is 4.32. The van der Waals surface area contributed by atoms with Crippen molar-refractivity contribution in [1.82, 2.24) is 4.57 Å². The zero-order valence-corrected chi connectivity index (χ0v) is 7.36. The molecule has 0 atom stereocenters. The predicted molar refractivity (Wildman–Crippen MR) is 38.2 cm³/mol. The van der Waals surface area contributed by atoms with Gasteiger partial charge in [0.15, 0.2) is 0 Å². The Hall–Kier alpha value is 0.137. The minimum absolute atomic E-state index is 1.42. The van der Waals surface area contributed by atoms with Crippen molar-refractivity contribution in [1.29, 1.82) is 0 Å². The smallest absolute Gasteiger partial charge is 0.264 e. The van der Waals surface area contributed by atoms with Crippen molar-refractivity contribution in [2.75, 3.05) is 21.2 Å². The van der Waals surface area contributed by atoms with Crippen LogP contribution in [0.3, 0.4) is 0 Å². The molecular weight excluding hydrogens is 118 g/mol. The lowest BCUT2D eigenvalue weighted by Crippen LogP contribution is -2.45. The van der Waals surface area contributed by atoms with Gasteiger partial charge in [-0.05, 0) is 27.2 Å². The molecule has 0 aromatic rings. The van der Waals surface area contributed by atoms with Crippen LogP contribution in [0.1, 0.15) is 0 Å². The minimum atomic E-state index is -1.42. The van der Waals surface area contributed by atoms with Crippen molar-refractivity contribution in [2.45, 2.75) is 13.1 Å². The molecule has 0 heterocycles. The lowest BCUT2D eigenvalue weighted by atomic mass is 11.3. The van der Waals surface area contributed by atoms with E-state index in [1.165, 1.54) is 0 Å². The number of hydrogen-bond donors (Lipinski definition) is 0. The Morgan fingerprint density at radius 1 is 1.25 bits per heavy atom. The van der Waals surface area contributed by atoms with Gasteiger partial charge in [0, 0.05) is 7.11 Å². The molecule has 0 bridgehead atoms. The van der Waals surface area contributed by atoms with Crippen LogP contribution in [-0.2, 0) is 4.43 Å². The topological polar surface area (TPSA) is 12.5 Å². The van der Waals surface area contributed by atoms with Crippen molar-refractivity contribution < 1.29 is 4.43 Å². The van der Waals surface area contributed by atoms with Crippen LogP contribution in [0.5, 0.6) is 0 Å². The van der Waals surface area contributed by atoms with Crippen LogP contribution in [0.4, 0.5) is 0 Å². The zero-order valence-electron chi connectivity index (χ0n) is 6.36. The van der Waals surface area contributed by atoms with Crippen LogP contribution in [0.25, 0.3) is 0 Å². The standard InChI is InChI=1S/C5H15NOSi/c1-6(2)8(4,5)7-3/h1-5H3. The van der Waals surface area contributed by atoms with Gasteiger partial charge in [0.2, 0.25) is 0 Å². The molecule has 0 saturated carbocycles. The first-order chi connectivity index (χ1) is 3.50. The van der Waals surface area contributed by atoms with E-state index in [0.29, 0.717) is 0 Å². The second kappa shape index (κ2) is 2.62. The van der Waals surface area contributed by atoms with Crippen LogP contribution in [0, 0.1) is 0 Å². The first kappa shape index (κ1) is 8.14. The lowest BCUT2D eigenvalue weighted by Gasteiger charge is -2.27. The Kier molecular flexibility index (Phi) is 2.66. The summed E-state index contributed by atoms with van der Waals surface area (Å²) in [6, 6.07) is 0. The van der Waals surface area contributed by atoms with E-state index in [1.807, 2.05) is 0 Å². The summed E-state index contributed by atoms with van der Waals surface area (Å²) < 4.78 is 7.42. The van der Waals surface area contributed by atoms with Gasteiger partial charge in [-0.2, -0.15) is 0 Å². The van der Waals surface area contributed by atoms with E-state index in [2.05, 4.69) is 31.8 Å². The molecule has 0 aromatic heterocycles. The fourth-order valence-corrected chi connectivity index (χ4v) is 0.548. The van der Waals surface area contributed by atoms with Crippen LogP contribution >= 0.6 is 0 Å². The van der Waals surface area contributed by atoms with Gasteiger partial charge in [-0.1, -0.05) is 0 Å². The second-order valence-corrected chi connectivity index (χ2v) is 6.74. The molecule has 0 amide bonds. The molecule has 2 nitrogen and oxygen atoms in total. The molecule has 0 rings (SSSR count). The van der Waals surface area contributed by atoms with Crippen LogP contribution in [0.15, 0.2) is 0 Å². The molecule has 0 aromatic carbocycles. The Morgan fingerprint density at radius 2 is 1.62 bits per heavy atom. The largest absolute Gasteiger partial charge is 0.406 e. The third kappa shape index (κ3) is 1.94. The molecule has 0 saturated heterocycles. The van der Waals surface area contributed by atoms with Crippen molar-refractivity contribution >= 4 is 8.48 Å². The maximum absolute atomic E-state index is 5.26. The number of hydrogen-bond acceptors (Lipinski definition) is 2. The Balaban J connectivity index is 3.71. The third-order valence-electron chi connectivity index (χ3n) is 1.58. The molecule has 0 fully saturated rings. The SMILES string of the molecule is CO[Si](C)(C)N(C)C. The van der Waals surface area contributed by atoms with Crippen molar-refractivity contribution in [3.63, 3.8) is 0 Å². The van der Waals surface area contributed by atoms with Crippen LogP contribution < -0.4 is 0 Å². The highest BCUT2D eigenvalue weighted by Crippen LogP contribution is 2.03. The Bertz CT molecular complexity index is 72.8. The van der Waals surface area contributed by atoms with Crippen molar-refractivity contribution in [2.24, 2.45) is 0 Å². The quantitative estimate of drug-likeness (QED) is 0.519. The predicted octanol–water partition coefficient (Wildman–Crippen LogP) is 0.896. The molecule has 0 aliphatic rings. The van der Waals surface area contributed by atoms with E-state index in [9.17, 15) is 0 Å². The summed E-state index contributed by atoms with van der Waals surface area (Å²) in [5.41, 5.74) is 0. The van der Waals surface area contributed by atoms with Gasteiger partial charge in [0.25, 0.3) is 8.48 Å². The highest BCUT2D eigenvalue weighted by atomic mass is 28.4. The van der Waals surface area contributed by atoms with Gasteiger partial charge in [-0.3, -0.25) is 0 Å². The van der Waals surface area contributed by atoms with E-state index >= 15 is 0 Å². The van der Waals surface area contributed by atoms with Crippen LogP contribution in [0.2, 0.25) is 13.1 Å². The monoisotopic (exact) mass is 133 g/mol. The molecule has 0 radical (unpaired) electrons. The van der Waals surface area contributed by atoms with Gasteiger partial charge in [0.05, 0.1) is 0 Å². The van der Waals surface area contributed by atoms with Gasteiger partial charge < -0.3 is 8.99 Å². The van der Waals surface area contributed by atoms with E-state index in [0.717, 1.165) is 0 Å². The van der Waals surface area contributed by atoms with Crippen molar-refractivity contribution in [3.8, 4) is 0 Å². The first-order valence-electron chi connectivity index (χ1n) is 2.73. The van der Waals surface area contributed by atoms with E-state index in [1.54, 1.807) is 7.11 Å². The maximum atomic E-state index is 5.26. The highest BCUT2D eigenvalue weighted by molar-refractivity contribution is 6.68. The summed E-state index contributed by atoms with van der Waals surface area (Å²) in [5, 5.41) is 0. The summed E-state index contributed by atoms with van der Waals surface area (Å²) in [6.07, 6.45) is 0. The third-order valence-corrected chi connectivity index (χ3v) is 4.73. The summed E-state index contributed by atoms with van der Waals surface area (Å²) in [5.74, 6) is 0. The molecule has 0 unspecified atom stereocenters. The summed E-state index contributed by atoms with van der Waals surface area (Å²) in [7, 11) is 4.45. The molecule has 50 valence electrons. The minimum Gasteiger partial charge on any atom is -0.406 e. The molecule has 8 heavy (non-hydrogen) atoms. The van der Waals surface area contributed by atoms with E-state index in [-0.39, 0.29) is 0 Å². The summed E-state index contributed by atoms with van der Waals surface area (Å²) in [4.78, 5) is 0. The molecule has 0 aliphatic heterocycles. The fraction of sp³-hybridized carbons (Fsp3) is 1.00. The molecule has 0 spiro atoms. The Labute approximate surface area is 52.7 Å². The maximum Gasteiger partial charge on any atom is 0.264 e. The second-order valence-electron chi connectivity index (χ2n) is 2.55. The van der Waals surface area contributed by atoms with Gasteiger partial charge in [-0.25, -0.2) is 0 Å². The number of nitrogens with zero attached hydrogens (tertiary/aromatic N) is 1.